The van der Waals surface area contributed by atoms with E-state index in [1.165, 1.54) is 41.4 Å². The normalized spacial score (nSPS) is 11.1. The number of hydrogen-bond acceptors (Lipinski definition) is 6. The highest BCUT2D eigenvalue weighted by molar-refractivity contribution is 5.73. The lowest BCUT2D eigenvalue weighted by Crippen LogP contribution is -2.24. The molecule has 1 heterocycles. The minimum Gasteiger partial charge on any atom is -0.386 e. The molecular weight excluding hydrogens is 419 g/mol. The summed E-state index contributed by atoms with van der Waals surface area (Å²) in [6, 6.07) is 6.97. The molecule has 1 aromatic heterocycles. The molecule has 3 aromatic rings. The topological polar surface area (TPSA) is 111 Å². The predicted molar refractivity (Wildman–Crippen MR) is 105 cm³/mol. The van der Waals surface area contributed by atoms with Gasteiger partial charge in [-0.15, -0.1) is 0 Å². The van der Waals surface area contributed by atoms with Gasteiger partial charge in [0.2, 0.25) is 5.91 Å². The number of rotatable bonds is 6. The molecule has 31 heavy (non-hydrogen) atoms. The maximum absolute atomic E-state index is 13.1. The molecule has 0 spiro atoms. The number of nitrogens with one attached hydrogen (secondary N) is 2. The summed E-state index contributed by atoms with van der Waals surface area (Å²) in [7, 11) is 1.64. The maximum Gasteiger partial charge on any atom is 0.416 e. The first-order chi connectivity index (χ1) is 14.6. The van der Waals surface area contributed by atoms with E-state index in [9.17, 15) is 28.1 Å². The number of hydroxylamine groups is 1. The third kappa shape index (κ3) is 4.74. The van der Waals surface area contributed by atoms with Gasteiger partial charge in [-0.3, -0.25) is 14.9 Å². The average Bonchev–Trinajstić information content (AvgIpc) is 3.20. The van der Waals surface area contributed by atoms with E-state index >= 15 is 0 Å². The highest BCUT2D eigenvalue weighted by Gasteiger charge is 2.32. The Balaban J connectivity index is 2.07. The van der Waals surface area contributed by atoms with Gasteiger partial charge < -0.3 is 14.7 Å². The van der Waals surface area contributed by atoms with Gasteiger partial charge in [0.25, 0.3) is 5.69 Å². The van der Waals surface area contributed by atoms with Crippen LogP contribution in [0.25, 0.3) is 16.9 Å². The van der Waals surface area contributed by atoms with Crippen molar-refractivity contribution in [2.75, 3.05) is 12.4 Å². The maximum atomic E-state index is 13.1. The SMILES string of the molecule is CNc1ccc([N+](=O)[O-])cc1-n1cnc(-c2ccc(C(F)(F)F)cc2ONC(C)=O)c1. The third-order valence-corrected chi connectivity index (χ3v) is 4.21. The quantitative estimate of drug-likeness (QED) is 0.448. The Morgan fingerprint density at radius 1 is 1.23 bits per heavy atom. The van der Waals surface area contributed by atoms with E-state index in [0.29, 0.717) is 11.4 Å². The summed E-state index contributed by atoms with van der Waals surface area (Å²) >= 11 is 0. The van der Waals surface area contributed by atoms with Crippen LogP contribution in [0, 0.1) is 10.1 Å². The Morgan fingerprint density at radius 2 is 1.97 bits per heavy atom. The van der Waals surface area contributed by atoms with E-state index in [2.05, 4.69) is 10.3 Å². The van der Waals surface area contributed by atoms with Crippen LogP contribution in [0.2, 0.25) is 0 Å². The predicted octanol–water partition coefficient (Wildman–Crippen LogP) is 3.94. The molecule has 0 atom stereocenters. The number of alkyl halides is 3. The van der Waals surface area contributed by atoms with Crippen molar-refractivity contribution in [3.8, 4) is 22.7 Å². The van der Waals surface area contributed by atoms with Crippen LogP contribution in [0.15, 0.2) is 48.9 Å². The van der Waals surface area contributed by atoms with Crippen LogP contribution >= 0.6 is 0 Å². The zero-order chi connectivity index (χ0) is 22.8. The summed E-state index contributed by atoms with van der Waals surface area (Å²) in [6.45, 7) is 1.14. The lowest BCUT2D eigenvalue weighted by molar-refractivity contribution is -0.384. The van der Waals surface area contributed by atoms with Crippen molar-refractivity contribution < 1.29 is 27.7 Å². The first-order valence-corrected chi connectivity index (χ1v) is 8.75. The van der Waals surface area contributed by atoms with Crippen molar-refractivity contribution >= 4 is 17.3 Å². The van der Waals surface area contributed by atoms with E-state index in [-0.39, 0.29) is 22.7 Å². The highest BCUT2D eigenvalue weighted by Crippen LogP contribution is 2.37. The largest absolute Gasteiger partial charge is 0.416 e. The molecule has 0 radical (unpaired) electrons. The number of imidazole rings is 1. The fourth-order valence-corrected chi connectivity index (χ4v) is 2.77. The molecule has 3 rings (SSSR count). The van der Waals surface area contributed by atoms with Crippen LogP contribution in [-0.4, -0.2) is 27.4 Å². The van der Waals surface area contributed by atoms with Crippen LogP contribution in [0.5, 0.6) is 5.75 Å². The van der Waals surface area contributed by atoms with Gasteiger partial charge in [-0.25, -0.2) is 4.98 Å². The number of nitrogens with zero attached hydrogens (tertiary/aromatic N) is 3. The summed E-state index contributed by atoms with van der Waals surface area (Å²) in [4.78, 5) is 31.0. The number of non-ortho nitro benzene ring substituents is 1. The van der Waals surface area contributed by atoms with Gasteiger partial charge in [-0.1, -0.05) is 0 Å². The van der Waals surface area contributed by atoms with E-state index in [1.807, 2.05) is 5.48 Å². The van der Waals surface area contributed by atoms with E-state index in [0.717, 1.165) is 19.1 Å². The number of hydrogen-bond donors (Lipinski definition) is 2. The number of carbonyl (C=O) groups is 1. The monoisotopic (exact) mass is 435 g/mol. The first kappa shape index (κ1) is 21.6. The first-order valence-electron chi connectivity index (χ1n) is 8.75. The zero-order valence-corrected chi connectivity index (χ0v) is 16.2. The Kier molecular flexibility index (Phi) is 5.81. The van der Waals surface area contributed by atoms with Crippen LogP contribution in [0.1, 0.15) is 12.5 Å². The van der Waals surface area contributed by atoms with Crippen molar-refractivity contribution in [1.29, 1.82) is 0 Å². The summed E-state index contributed by atoms with van der Waals surface area (Å²) in [5.74, 6) is -0.868. The molecule has 1 amide bonds. The number of amides is 1. The molecule has 162 valence electrons. The lowest BCUT2D eigenvalue weighted by Gasteiger charge is -2.13. The number of halogens is 3. The minimum atomic E-state index is -4.61. The van der Waals surface area contributed by atoms with Crippen molar-refractivity contribution in [2.24, 2.45) is 0 Å². The van der Waals surface area contributed by atoms with Gasteiger partial charge in [0.1, 0.15) is 0 Å². The molecule has 2 aromatic carbocycles. The summed E-state index contributed by atoms with van der Waals surface area (Å²) in [5, 5.41) is 14.0. The van der Waals surface area contributed by atoms with Gasteiger partial charge in [0, 0.05) is 37.9 Å². The molecule has 0 saturated carbocycles. The molecule has 0 bridgehead atoms. The Morgan fingerprint density at radius 3 is 2.58 bits per heavy atom. The van der Waals surface area contributed by atoms with E-state index in [1.54, 1.807) is 7.05 Å². The Hall–Kier alpha value is -4.09. The fraction of sp³-hybridized carbons (Fsp3) is 0.158. The molecule has 0 unspecified atom stereocenters. The molecular formula is C19H16F3N5O4. The standard InChI is InChI=1S/C19H16F3N5O4/c1-11(28)25-31-18-7-12(19(20,21)22)3-5-14(18)16-9-26(10-24-16)17-8-13(27(29)30)4-6-15(17)23-2/h3-10,23H,1-2H3,(H,25,28). The van der Waals surface area contributed by atoms with Gasteiger partial charge in [0.15, 0.2) is 5.75 Å². The van der Waals surface area contributed by atoms with Gasteiger partial charge >= 0.3 is 6.18 Å². The number of carbonyl (C=O) groups excluding carboxylic acids is 1. The number of anilines is 1. The second-order valence-corrected chi connectivity index (χ2v) is 6.34. The zero-order valence-electron chi connectivity index (χ0n) is 16.2. The van der Waals surface area contributed by atoms with Crippen molar-refractivity contribution in [3.05, 3.63) is 64.6 Å². The molecule has 0 aliphatic carbocycles. The molecule has 0 saturated heterocycles. The minimum absolute atomic E-state index is 0.145. The molecule has 0 fully saturated rings. The Bertz CT molecular complexity index is 1140. The smallest absolute Gasteiger partial charge is 0.386 e. The van der Waals surface area contributed by atoms with E-state index < -0.39 is 22.6 Å². The van der Waals surface area contributed by atoms with Crippen LogP contribution in [0.3, 0.4) is 0 Å². The molecule has 0 aliphatic rings. The third-order valence-electron chi connectivity index (χ3n) is 4.21. The van der Waals surface area contributed by atoms with Crippen LogP contribution < -0.4 is 15.6 Å². The van der Waals surface area contributed by atoms with Crippen LogP contribution in [-0.2, 0) is 11.0 Å². The molecule has 12 heteroatoms. The van der Waals surface area contributed by atoms with Crippen molar-refractivity contribution in [2.45, 2.75) is 13.1 Å². The second kappa shape index (κ2) is 8.34. The average molecular weight is 435 g/mol. The molecule has 0 aliphatic heterocycles. The number of benzene rings is 2. The molecule has 9 nitrogen and oxygen atoms in total. The number of aromatic nitrogens is 2. The summed E-state index contributed by atoms with van der Waals surface area (Å²) < 4.78 is 40.7. The summed E-state index contributed by atoms with van der Waals surface area (Å²) in [5.41, 5.74) is 2.27. The van der Waals surface area contributed by atoms with Gasteiger partial charge in [0.05, 0.1) is 33.9 Å². The summed E-state index contributed by atoms with van der Waals surface area (Å²) in [6.07, 6.45) is -1.78. The Labute approximate surface area is 173 Å². The van der Waals surface area contributed by atoms with Crippen LogP contribution in [0.4, 0.5) is 24.5 Å². The van der Waals surface area contributed by atoms with E-state index in [4.69, 9.17) is 4.84 Å². The fourth-order valence-electron chi connectivity index (χ4n) is 2.77. The lowest BCUT2D eigenvalue weighted by atomic mass is 10.1. The van der Waals surface area contributed by atoms with Crippen molar-refractivity contribution in [1.82, 2.24) is 15.0 Å². The number of nitro benzene ring substituents is 1. The van der Waals surface area contributed by atoms with Gasteiger partial charge in [-0.2, -0.15) is 18.7 Å². The second-order valence-electron chi connectivity index (χ2n) is 6.34. The number of nitro groups is 1. The van der Waals surface area contributed by atoms with Gasteiger partial charge in [-0.05, 0) is 24.3 Å². The molecule has 2 N–H and O–H groups in total. The highest BCUT2D eigenvalue weighted by atomic mass is 19.4. The van der Waals surface area contributed by atoms with Crippen molar-refractivity contribution in [3.63, 3.8) is 0 Å².